The van der Waals surface area contributed by atoms with Gasteiger partial charge in [-0.1, -0.05) is 12.8 Å². The molecule has 1 aliphatic carbocycles. The molecule has 0 saturated heterocycles. The molecule has 0 aliphatic heterocycles. The second kappa shape index (κ2) is 5.76. The van der Waals surface area contributed by atoms with Crippen LogP contribution in [0.2, 0.25) is 0 Å². The van der Waals surface area contributed by atoms with Gasteiger partial charge in [0.05, 0.1) is 18.2 Å². The summed E-state index contributed by atoms with van der Waals surface area (Å²) in [5.41, 5.74) is 3.86. The van der Waals surface area contributed by atoms with Crippen molar-refractivity contribution in [2.24, 2.45) is 0 Å². The van der Waals surface area contributed by atoms with E-state index in [0.717, 1.165) is 28.1 Å². The smallest absolute Gasteiger partial charge is 0.152 e. The third kappa shape index (κ3) is 2.55. The van der Waals surface area contributed by atoms with Crippen LogP contribution in [0.25, 0.3) is 11.0 Å². The van der Waals surface area contributed by atoms with Crippen molar-refractivity contribution in [3.8, 4) is 6.07 Å². The second-order valence-corrected chi connectivity index (χ2v) is 6.05. The standard InChI is InChI=1S/C17H18N6/c18-7-5-12-10-20-17-16(12)13(6-8-19-17)21-15-9-14(22-23-15)11-3-1-2-4-11/h6,8-11H,1-5H2,(H3,19,20,21,22,23). The Kier molecular flexibility index (Phi) is 3.46. The van der Waals surface area contributed by atoms with Crippen LogP contribution in [-0.4, -0.2) is 20.2 Å². The molecular weight excluding hydrogens is 288 g/mol. The first kappa shape index (κ1) is 13.8. The highest BCUT2D eigenvalue weighted by Gasteiger charge is 2.19. The molecule has 1 fully saturated rings. The number of fused-ring (bicyclic) bond motifs is 1. The van der Waals surface area contributed by atoms with Crippen molar-refractivity contribution in [2.45, 2.75) is 38.0 Å². The lowest BCUT2D eigenvalue weighted by Crippen LogP contribution is -1.93. The fraction of sp³-hybridized carbons (Fsp3) is 0.353. The van der Waals surface area contributed by atoms with Gasteiger partial charge in [0, 0.05) is 35.5 Å². The van der Waals surface area contributed by atoms with Crippen LogP contribution in [0.4, 0.5) is 11.5 Å². The van der Waals surface area contributed by atoms with Gasteiger partial charge in [0.15, 0.2) is 5.82 Å². The summed E-state index contributed by atoms with van der Waals surface area (Å²) in [6, 6.07) is 6.21. The highest BCUT2D eigenvalue weighted by molar-refractivity contribution is 5.94. The molecule has 0 amide bonds. The van der Waals surface area contributed by atoms with Crippen LogP contribution in [0.3, 0.4) is 0 Å². The van der Waals surface area contributed by atoms with Crippen LogP contribution >= 0.6 is 0 Å². The van der Waals surface area contributed by atoms with E-state index in [1.165, 1.54) is 31.4 Å². The van der Waals surface area contributed by atoms with Crippen molar-refractivity contribution < 1.29 is 0 Å². The van der Waals surface area contributed by atoms with Gasteiger partial charge in [-0.2, -0.15) is 10.4 Å². The normalized spacial score (nSPS) is 15.1. The lowest BCUT2D eigenvalue weighted by atomic mass is 10.0. The van der Waals surface area contributed by atoms with Crippen LogP contribution in [0.1, 0.15) is 42.9 Å². The van der Waals surface area contributed by atoms with E-state index in [1.807, 2.05) is 12.3 Å². The van der Waals surface area contributed by atoms with Crippen molar-refractivity contribution in [3.05, 3.63) is 35.8 Å². The molecule has 23 heavy (non-hydrogen) atoms. The van der Waals surface area contributed by atoms with Gasteiger partial charge in [-0.3, -0.25) is 5.10 Å². The molecule has 3 heterocycles. The maximum atomic E-state index is 8.98. The largest absolute Gasteiger partial charge is 0.346 e. The minimum Gasteiger partial charge on any atom is -0.346 e. The summed E-state index contributed by atoms with van der Waals surface area (Å²) in [5, 5.41) is 20.9. The molecule has 0 atom stereocenters. The van der Waals surface area contributed by atoms with E-state index in [9.17, 15) is 0 Å². The van der Waals surface area contributed by atoms with Crippen LogP contribution in [0, 0.1) is 11.3 Å². The Hall–Kier alpha value is -2.81. The highest BCUT2D eigenvalue weighted by Crippen LogP contribution is 2.34. The topological polar surface area (TPSA) is 93.2 Å². The molecule has 4 rings (SSSR count). The lowest BCUT2D eigenvalue weighted by Gasteiger charge is -2.06. The summed E-state index contributed by atoms with van der Waals surface area (Å²) < 4.78 is 0. The Bertz CT molecular complexity index is 863. The molecule has 6 nitrogen and oxygen atoms in total. The van der Waals surface area contributed by atoms with E-state index >= 15 is 0 Å². The fourth-order valence-electron chi connectivity index (χ4n) is 3.44. The number of rotatable bonds is 4. The zero-order chi connectivity index (χ0) is 15.6. The van der Waals surface area contributed by atoms with E-state index in [0.29, 0.717) is 12.3 Å². The maximum absolute atomic E-state index is 8.98. The third-order valence-electron chi connectivity index (χ3n) is 4.58. The van der Waals surface area contributed by atoms with Crippen LogP contribution in [0.15, 0.2) is 24.5 Å². The number of pyridine rings is 1. The minimum absolute atomic E-state index is 0.355. The summed E-state index contributed by atoms with van der Waals surface area (Å²) in [6.45, 7) is 0. The summed E-state index contributed by atoms with van der Waals surface area (Å²) in [5.74, 6) is 1.42. The number of anilines is 2. The molecule has 0 spiro atoms. The molecule has 0 aromatic carbocycles. The van der Waals surface area contributed by atoms with Gasteiger partial charge in [0.2, 0.25) is 0 Å². The van der Waals surface area contributed by atoms with Crippen LogP contribution in [0.5, 0.6) is 0 Å². The van der Waals surface area contributed by atoms with E-state index in [4.69, 9.17) is 5.26 Å². The van der Waals surface area contributed by atoms with Gasteiger partial charge in [-0.05, 0) is 24.5 Å². The Labute approximate surface area is 133 Å². The first-order valence-electron chi connectivity index (χ1n) is 7.99. The predicted octanol–water partition coefficient (Wildman–Crippen LogP) is 3.75. The van der Waals surface area contributed by atoms with Crippen molar-refractivity contribution in [1.29, 1.82) is 5.26 Å². The molecule has 0 bridgehead atoms. The molecule has 3 N–H and O–H groups in total. The second-order valence-electron chi connectivity index (χ2n) is 6.05. The summed E-state index contributed by atoms with van der Waals surface area (Å²) in [7, 11) is 0. The van der Waals surface area contributed by atoms with Gasteiger partial charge < -0.3 is 10.3 Å². The van der Waals surface area contributed by atoms with Gasteiger partial charge >= 0.3 is 0 Å². The van der Waals surface area contributed by atoms with Crippen LogP contribution < -0.4 is 5.32 Å². The quantitative estimate of drug-likeness (QED) is 0.684. The first-order valence-corrected chi connectivity index (χ1v) is 7.99. The molecule has 3 aromatic rings. The summed E-state index contributed by atoms with van der Waals surface area (Å²) in [6.07, 6.45) is 9.05. The minimum atomic E-state index is 0.355. The molecule has 1 saturated carbocycles. The highest BCUT2D eigenvalue weighted by atomic mass is 15.2. The van der Waals surface area contributed by atoms with Crippen LogP contribution in [-0.2, 0) is 6.42 Å². The summed E-state index contributed by atoms with van der Waals surface area (Å²) in [4.78, 5) is 7.44. The summed E-state index contributed by atoms with van der Waals surface area (Å²) >= 11 is 0. The molecule has 3 aromatic heterocycles. The van der Waals surface area contributed by atoms with Gasteiger partial charge in [-0.15, -0.1) is 0 Å². The number of H-pyrrole nitrogens is 2. The molecular formula is C17H18N6. The van der Waals surface area contributed by atoms with Gasteiger partial charge in [0.25, 0.3) is 0 Å². The number of hydrogen-bond acceptors (Lipinski definition) is 4. The number of nitriles is 1. The molecule has 1 aliphatic rings. The molecule has 116 valence electrons. The Morgan fingerprint density at radius 3 is 3.04 bits per heavy atom. The van der Waals surface area contributed by atoms with Crippen molar-refractivity contribution in [2.75, 3.05) is 5.32 Å². The average Bonchev–Trinajstić information content (AvgIpc) is 3.27. The zero-order valence-electron chi connectivity index (χ0n) is 12.8. The first-order chi connectivity index (χ1) is 11.3. The van der Waals surface area contributed by atoms with E-state index in [-0.39, 0.29) is 0 Å². The molecule has 0 unspecified atom stereocenters. The number of nitrogens with zero attached hydrogens (tertiary/aromatic N) is 3. The maximum Gasteiger partial charge on any atom is 0.152 e. The third-order valence-corrected chi connectivity index (χ3v) is 4.58. The number of aromatic nitrogens is 4. The predicted molar refractivity (Wildman–Crippen MR) is 88.5 cm³/mol. The zero-order valence-corrected chi connectivity index (χ0v) is 12.8. The lowest BCUT2D eigenvalue weighted by molar-refractivity contribution is 0.693. The van der Waals surface area contributed by atoms with Crippen molar-refractivity contribution in [1.82, 2.24) is 20.2 Å². The number of aromatic amines is 2. The van der Waals surface area contributed by atoms with Gasteiger partial charge in [0.1, 0.15) is 5.65 Å². The fourth-order valence-corrected chi connectivity index (χ4v) is 3.44. The van der Waals surface area contributed by atoms with Crippen molar-refractivity contribution >= 4 is 22.5 Å². The van der Waals surface area contributed by atoms with Crippen molar-refractivity contribution in [3.63, 3.8) is 0 Å². The monoisotopic (exact) mass is 306 g/mol. The molecule has 0 radical (unpaired) electrons. The van der Waals surface area contributed by atoms with E-state index < -0.39 is 0 Å². The molecule has 6 heteroatoms. The van der Waals surface area contributed by atoms with E-state index in [1.54, 1.807) is 6.20 Å². The Balaban J connectivity index is 1.65. The Morgan fingerprint density at radius 1 is 1.35 bits per heavy atom. The Morgan fingerprint density at radius 2 is 2.22 bits per heavy atom. The SMILES string of the molecule is N#CCc1c[nH]c2nccc(Nc3cc(C4CCCC4)[nH]n3)c12. The number of hydrogen-bond donors (Lipinski definition) is 3. The van der Waals surface area contributed by atoms with E-state index in [2.05, 4.69) is 37.6 Å². The van der Waals surface area contributed by atoms with Gasteiger partial charge in [-0.25, -0.2) is 4.98 Å². The average molecular weight is 306 g/mol. The number of nitrogens with one attached hydrogen (secondary N) is 3.